The van der Waals surface area contributed by atoms with Crippen LogP contribution in [0.2, 0.25) is 5.02 Å². The van der Waals surface area contributed by atoms with Gasteiger partial charge in [0.15, 0.2) is 0 Å². The van der Waals surface area contributed by atoms with Crippen molar-refractivity contribution >= 4 is 48.7 Å². The fourth-order valence-corrected chi connectivity index (χ4v) is 5.22. The maximum atomic E-state index is 12.9. The fourth-order valence-electron chi connectivity index (χ4n) is 2.72. The normalized spacial score (nSPS) is 11.7. The Balaban J connectivity index is 2.09. The standard InChI is InChI=1S/C20H18ClN3O6S2/c1-13-3-7-15(8-4-13)31(27,28)22-17-11-12-18(24(25)26)19(21)20(17)23-32(29,30)16-9-5-14(2)6-10-16/h3-12,22-23H,1-2H3. The molecule has 9 nitrogen and oxygen atoms in total. The van der Waals surface area contributed by atoms with Crippen molar-refractivity contribution in [2.45, 2.75) is 23.6 Å². The number of rotatable bonds is 7. The third-order valence-electron chi connectivity index (χ3n) is 4.46. The van der Waals surface area contributed by atoms with Gasteiger partial charge in [-0.1, -0.05) is 47.0 Å². The largest absolute Gasteiger partial charge is 0.290 e. The lowest BCUT2D eigenvalue weighted by Crippen LogP contribution is -2.18. The second-order valence-corrected chi connectivity index (χ2v) is 10.7. The molecule has 2 N–H and O–H groups in total. The molecule has 0 aliphatic carbocycles. The van der Waals surface area contributed by atoms with E-state index in [0.29, 0.717) is 0 Å². The highest BCUT2D eigenvalue weighted by Crippen LogP contribution is 2.40. The summed E-state index contributed by atoms with van der Waals surface area (Å²) in [6.45, 7) is 3.57. The Morgan fingerprint density at radius 2 is 1.19 bits per heavy atom. The van der Waals surface area contributed by atoms with Crippen LogP contribution in [0.4, 0.5) is 17.1 Å². The number of nitro groups is 1. The van der Waals surface area contributed by atoms with Gasteiger partial charge in [0.05, 0.1) is 26.1 Å². The molecule has 0 aliphatic rings. The number of halogens is 1. The van der Waals surface area contributed by atoms with Crippen molar-refractivity contribution in [2.24, 2.45) is 0 Å². The predicted octanol–water partition coefficient (Wildman–Crippen LogP) is 4.47. The molecule has 0 heterocycles. The Bertz CT molecular complexity index is 1390. The van der Waals surface area contributed by atoms with Crippen LogP contribution in [0.15, 0.2) is 70.5 Å². The van der Waals surface area contributed by atoms with Gasteiger partial charge in [0.25, 0.3) is 25.7 Å². The molecule has 0 aromatic heterocycles. The first-order valence-electron chi connectivity index (χ1n) is 9.06. The van der Waals surface area contributed by atoms with Crippen molar-refractivity contribution in [3.8, 4) is 0 Å². The van der Waals surface area contributed by atoms with Gasteiger partial charge < -0.3 is 0 Å². The van der Waals surface area contributed by atoms with Crippen molar-refractivity contribution in [3.63, 3.8) is 0 Å². The summed E-state index contributed by atoms with van der Waals surface area (Å²) in [4.78, 5) is 10.3. The highest BCUT2D eigenvalue weighted by Gasteiger charge is 2.26. The van der Waals surface area contributed by atoms with Gasteiger partial charge >= 0.3 is 0 Å². The predicted molar refractivity (Wildman–Crippen MR) is 122 cm³/mol. The maximum absolute atomic E-state index is 12.9. The van der Waals surface area contributed by atoms with E-state index in [1.165, 1.54) is 24.3 Å². The number of nitrogens with one attached hydrogen (secondary N) is 2. The zero-order valence-electron chi connectivity index (χ0n) is 16.9. The van der Waals surface area contributed by atoms with Gasteiger partial charge in [-0.3, -0.25) is 19.6 Å². The van der Waals surface area contributed by atoms with Gasteiger partial charge in [-0.2, -0.15) is 0 Å². The summed E-state index contributed by atoms with van der Waals surface area (Å²) in [7, 11) is -8.38. The summed E-state index contributed by atoms with van der Waals surface area (Å²) < 4.78 is 55.7. The summed E-state index contributed by atoms with van der Waals surface area (Å²) in [6.07, 6.45) is 0. The minimum Gasteiger partial charge on any atom is -0.277 e. The molecule has 12 heteroatoms. The zero-order chi connectivity index (χ0) is 23.7. The van der Waals surface area contributed by atoms with E-state index in [1.807, 2.05) is 0 Å². The van der Waals surface area contributed by atoms with Crippen molar-refractivity contribution < 1.29 is 21.8 Å². The third-order valence-corrected chi connectivity index (χ3v) is 7.59. The van der Waals surface area contributed by atoms with Crippen LogP contribution in [0, 0.1) is 24.0 Å². The lowest BCUT2D eigenvalue weighted by Gasteiger charge is -2.16. The van der Waals surface area contributed by atoms with Crippen molar-refractivity contribution in [2.75, 3.05) is 9.44 Å². The second kappa shape index (κ2) is 8.77. The van der Waals surface area contributed by atoms with Gasteiger partial charge in [0.1, 0.15) is 5.02 Å². The van der Waals surface area contributed by atoms with Crippen LogP contribution in [-0.4, -0.2) is 21.8 Å². The Labute approximate surface area is 190 Å². The molecule has 0 saturated carbocycles. The summed E-state index contributed by atoms with van der Waals surface area (Å²) in [5, 5.41) is 10.7. The lowest BCUT2D eigenvalue weighted by atomic mass is 10.2. The van der Waals surface area contributed by atoms with Crippen LogP contribution >= 0.6 is 11.6 Å². The van der Waals surface area contributed by atoms with Gasteiger partial charge in [-0.15, -0.1) is 0 Å². The van der Waals surface area contributed by atoms with E-state index in [4.69, 9.17) is 11.6 Å². The Kier molecular flexibility index (Phi) is 6.44. The minimum atomic E-state index is -4.24. The van der Waals surface area contributed by atoms with Crippen LogP contribution < -0.4 is 9.44 Å². The summed E-state index contributed by atoms with van der Waals surface area (Å²) in [5.41, 5.74) is 0.346. The van der Waals surface area contributed by atoms with E-state index in [-0.39, 0.29) is 15.5 Å². The van der Waals surface area contributed by atoms with E-state index < -0.39 is 41.4 Å². The maximum Gasteiger partial charge on any atom is 0.290 e. The summed E-state index contributed by atoms with van der Waals surface area (Å²) in [6, 6.07) is 13.8. The summed E-state index contributed by atoms with van der Waals surface area (Å²) >= 11 is 6.12. The molecule has 0 saturated heterocycles. The molecule has 0 fully saturated rings. The Hall–Kier alpha value is -3.15. The number of nitrogens with zero attached hydrogens (tertiary/aromatic N) is 1. The molecule has 32 heavy (non-hydrogen) atoms. The van der Waals surface area contributed by atoms with Crippen LogP contribution in [0.25, 0.3) is 0 Å². The van der Waals surface area contributed by atoms with Crippen molar-refractivity contribution in [3.05, 3.63) is 86.9 Å². The topological polar surface area (TPSA) is 135 Å². The molecule has 0 amide bonds. The van der Waals surface area contributed by atoms with Crippen LogP contribution in [0.1, 0.15) is 11.1 Å². The molecule has 3 rings (SSSR count). The number of sulfonamides is 2. The van der Waals surface area contributed by atoms with Gasteiger partial charge in [-0.05, 0) is 44.2 Å². The smallest absolute Gasteiger partial charge is 0.277 e. The molecule has 0 atom stereocenters. The fraction of sp³-hybridized carbons (Fsp3) is 0.100. The number of hydrogen-bond acceptors (Lipinski definition) is 6. The molecule has 3 aromatic rings. The number of anilines is 2. The molecule has 168 valence electrons. The van der Waals surface area contributed by atoms with Gasteiger partial charge in [-0.25, -0.2) is 16.8 Å². The van der Waals surface area contributed by atoms with Crippen LogP contribution in [0.3, 0.4) is 0 Å². The van der Waals surface area contributed by atoms with Crippen LogP contribution in [-0.2, 0) is 20.0 Å². The number of benzene rings is 3. The molecule has 3 aromatic carbocycles. The molecule has 0 spiro atoms. The Morgan fingerprint density at radius 1 is 0.750 bits per heavy atom. The third kappa shape index (κ3) is 5.01. The highest BCUT2D eigenvalue weighted by molar-refractivity contribution is 7.93. The second-order valence-electron chi connectivity index (χ2n) is 6.92. The minimum absolute atomic E-state index is 0.0788. The molecule has 0 radical (unpaired) electrons. The quantitative estimate of drug-likeness (QED) is 0.366. The number of aryl methyl sites for hydroxylation is 2. The zero-order valence-corrected chi connectivity index (χ0v) is 19.3. The van der Waals surface area contributed by atoms with Crippen molar-refractivity contribution in [1.82, 2.24) is 0 Å². The van der Waals surface area contributed by atoms with Crippen LogP contribution in [0.5, 0.6) is 0 Å². The van der Waals surface area contributed by atoms with E-state index >= 15 is 0 Å². The number of nitro benzene ring substituents is 1. The molecular formula is C20H18ClN3O6S2. The first-order valence-corrected chi connectivity index (χ1v) is 12.4. The highest BCUT2D eigenvalue weighted by atomic mass is 35.5. The lowest BCUT2D eigenvalue weighted by molar-refractivity contribution is -0.384. The van der Waals surface area contributed by atoms with Gasteiger partial charge in [0.2, 0.25) is 0 Å². The monoisotopic (exact) mass is 495 g/mol. The summed E-state index contributed by atoms with van der Waals surface area (Å²) in [5.74, 6) is 0. The Morgan fingerprint density at radius 3 is 1.62 bits per heavy atom. The average molecular weight is 496 g/mol. The molecular weight excluding hydrogens is 478 g/mol. The average Bonchev–Trinajstić information content (AvgIpc) is 2.71. The molecule has 0 bridgehead atoms. The van der Waals surface area contributed by atoms with E-state index in [2.05, 4.69) is 9.44 Å². The van der Waals surface area contributed by atoms with Crippen molar-refractivity contribution in [1.29, 1.82) is 0 Å². The number of hydrogen-bond donors (Lipinski definition) is 2. The molecule has 0 aliphatic heterocycles. The van der Waals surface area contributed by atoms with E-state index in [9.17, 15) is 26.9 Å². The van der Waals surface area contributed by atoms with E-state index in [1.54, 1.807) is 38.1 Å². The SMILES string of the molecule is Cc1ccc(S(=O)(=O)Nc2ccc([N+](=O)[O-])c(Cl)c2NS(=O)(=O)c2ccc(C)cc2)cc1. The molecule has 0 unspecified atom stereocenters. The van der Waals surface area contributed by atoms with Gasteiger partial charge in [0, 0.05) is 6.07 Å². The van der Waals surface area contributed by atoms with E-state index in [0.717, 1.165) is 23.3 Å². The first-order chi connectivity index (χ1) is 14.9. The first kappa shape index (κ1) is 23.5.